The molecule has 0 radical (unpaired) electrons. The number of allylic oxidation sites excluding steroid dienone is 1. The van der Waals surface area contributed by atoms with Gasteiger partial charge in [0.05, 0.1) is 0 Å². The van der Waals surface area contributed by atoms with E-state index in [0.29, 0.717) is 0 Å². The first kappa shape index (κ1) is 10.7. The second kappa shape index (κ2) is 4.84. The van der Waals surface area contributed by atoms with Crippen molar-refractivity contribution in [3.63, 3.8) is 0 Å². The molecular weight excluding hydrogens is 194 g/mol. The zero-order chi connectivity index (χ0) is 11.4. The molecule has 2 aromatic rings. The Morgan fingerprint density at radius 3 is 2.62 bits per heavy atom. The zero-order valence-corrected chi connectivity index (χ0v) is 9.83. The van der Waals surface area contributed by atoms with E-state index < -0.39 is 0 Å². The predicted molar refractivity (Wildman–Crippen MR) is 71.6 cm³/mol. The minimum atomic E-state index is 1.08. The molecule has 1 nitrogen and oxygen atoms in total. The van der Waals surface area contributed by atoms with Crippen LogP contribution in [-0.2, 0) is 0 Å². The molecule has 0 fully saturated rings. The van der Waals surface area contributed by atoms with E-state index in [1.807, 2.05) is 0 Å². The van der Waals surface area contributed by atoms with E-state index >= 15 is 0 Å². The Labute approximate surface area is 96.8 Å². The van der Waals surface area contributed by atoms with Crippen LogP contribution in [-0.4, -0.2) is 0 Å². The lowest BCUT2D eigenvalue weighted by Gasteiger charge is -2.04. The summed E-state index contributed by atoms with van der Waals surface area (Å²) in [7, 11) is 0. The summed E-state index contributed by atoms with van der Waals surface area (Å²) < 4.78 is 0. The average Bonchev–Trinajstić information content (AvgIpc) is 2.35. The first-order chi connectivity index (χ1) is 7.79. The molecule has 0 saturated carbocycles. The van der Waals surface area contributed by atoms with Crippen LogP contribution in [0.4, 0.5) is 5.69 Å². The molecule has 0 bridgehead atoms. The summed E-state index contributed by atoms with van der Waals surface area (Å²) in [6, 6.07) is 14.8. The van der Waals surface area contributed by atoms with Crippen molar-refractivity contribution in [3.05, 3.63) is 54.2 Å². The maximum Gasteiger partial charge on any atom is 0.0386 e. The fraction of sp³-hybridized carbons (Fsp3) is 0.200. The van der Waals surface area contributed by atoms with Crippen LogP contribution in [0.25, 0.3) is 10.8 Å². The molecule has 1 heteroatoms. The second-order valence-corrected chi connectivity index (χ2v) is 4.05. The molecule has 1 N–H and O–H groups in total. The molecule has 0 amide bonds. The molecule has 82 valence electrons. The van der Waals surface area contributed by atoms with Crippen molar-refractivity contribution in [1.82, 2.24) is 0 Å². The molecule has 0 aliphatic heterocycles. The van der Waals surface area contributed by atoms with E-state index in [0.717, 1.165) is 12.1 Å². The van der Waals surface area contributed by atoms with Crippen molar-refractivity contribution in [1.29, 1.82) is 0 Å². The Bertz CT molecular complexity index is 512. The van der Waals surface area contributed by atoms with E-state index in [9.17, 15) is 0 Å². The monoisotopic (exact) mass is 211 g/mol. The summed E-state index contributed by atoms with van der Waals surface area (Å²) in [4.78, 5) is 0. The summed E-state index contributed by atoms with van der Waals surface area (Å²) >= 11 is 0. The van der Waals surface area contributed by atoms with Gasteiger partial charge in [0.25, 0.3) is 0 Å². The number of anilines is 1. The fourth-order valence-electron chi connectivity index (χ4n) is 1.59. The third kappa shape index (κ3) is 2.43. The van der Waals surface area contributed by atoms with Gasteiger partial charge in [0.1, 0.15) is 0 Å². The number of fused-ring (bicyclic) bond motifs is 1. The average molecular weight is 211 g/mol. The van der Waals surface area contributed by atoms with Gasteiger partial charge in [0.2, 0.25) is 0 Å². The molecule has 0 saturated heterocycles. The minimum absolute atomic E-state index is 1.08. The summed E-state index contributed by atoms with van der Waals surface area (Å²) in [5, 5.41) is 5.88. The van der Waals surface area contributed by atoms with Crippen molar-refractivity contribution in [2.75, 3.05) is 5.32 Å². The maximum absolute atomic E-state index is 3.33. The number of hydrogen-bond acceptors (Lipinski definition) is 1. The number of benzene rings is 2. The van der Waals surface area contributed by atoms with Crippen LogP contribution < -0.4 is 5.32 Å². The summed E-state index contributed by atoms with van der Waals surface area (Å²) in [5.74, 6) is 0. The van der Waals surface area contributed by atoms with Gasteiger partial charge in [0.15, 0.2) is 0 Å². The molecule has 0 unspecified atom stereocenters. The Morgan fingerprint density at radius 1 is 1.12 bits per heavy atom. The van der Waals surface area contributed by atoms with Gasteiger partial charge in [-0.2, -0.15) is 0 Å². The van der Waals surface area contributed by atoms with E-state index in [2.05, 4.69) is 67.8 Å². The van der Waals surface area contributed by atoms with Crippen molar-refractivity contribution in [2.45, 2.75) is 20.3 Å². The van der Waals surface area contributed by atoms with Crippen LogP contribution in [0.5, 0.6) is 0 Å². The van der Waals surface area contributed by atoms with Crippen molar-refractivity contribution in [3.8, 4) is 0 Å². The fourth-order valence-corrected chi connectivity index (χ4v) is 1.59. The van der Waals surface area contributed by atoms with Crippen LogP contribution in [0, 0.1) is 0 Å². The molecular formula is C15H17N. The highest BCUT2D eigenvalue weighted by Crippen LogP contribution is 2.19. The number of rotatable bonds is 3. The Hall–Kier alpha value is -1.76. The van der Waals surface area contributed by atoms with Gasteiger partial charge in [-0.1, -0.05) is 42.8 Å². The molecule has 0 aliphatic rings. The molecule has 16 heavy (non-hydrogen) atoms. The number of nitrogens with one attached hydrogen (secondary N) is 1. The van der Waals surface area contributed by atoms with Gasteiger partial charge >= 0.3 is 0 Å². The first-order valence-electron chi connectivity index (χ1n) is 5.70. The zero-order valence-electron chi connectivity index (χ0n) is 9.83. The highest BCUT2D eigenvalue weighted by atomic mass is 14.8. The summed E-state index contributed by atoms with van der Waals surface area (Å²) in [6.07, 6.45) is 3.16. The Morgan fingerprint density at radius 2 is 1.88 bits per heavy atom. The Balaban J connectivity index is 2.26. The van der Waals surface area contributed by atoms with Gasteiger partial charge in [-0.15, -0.1) is 0 Å². The van der Waals surface area contributed by atoms with Crippen molar-refractivity contribution < 1.29 is 0 Å². The SMILES string of the molecule is CC/C(C)=C\Nc1ccc2ccccc2c1. The number of hydrogen-bond donors (Lipinski definition) is 1. The lowest BCUT2D eigenvalue weighted by atomic mass is 10.1. The van der Waals surface area contributed by atoms with Crippen LogP contribution in [0.3, 0.4) is 0 Å². The van der Waals surface area contributed by atoms with Crippen molar-refractivity contribution >= 4 is 16.5 Å². The highest BCUT2D eigenvalue weighted by molar-refractivity contribution is 5.85. The molecule has 0 spiro atoms. The predicted octanol–water partition coefficient (Wildman–Crippen LogP) is 4.57. The normalized spacial score (nSPS) is 11.8. The minimum Gasteiger partial charge on any atom is -0.362 e. The van der Waals surface area contributed by atoms with Gasteiger partial charge < -0.3 is 5.32 Å². The third-order valence-electron chi connectivity index (χ3n) is 2.79. The van der Waals surface area contributed by atoms with Crippen LogP contribution in [0.1, 0.15) is 20.3 Å². The second-order valence-electron chi connectivity index (χ2n) is 4.05. The topological polar surface area (TPSA) is 12.0 Å². The van der Waals surface area contributed by atoms with Gasteiger partial charge in [-0.3, -0.25) is 0 Å². The molecule has 2 aromatic carbocycles. The van der Waals surface area contributed by atoms with Crippen LogP contribution in [0.2, 0.25) is 0 Å². The molecule has 0 aromatic heterocycles. The molecule has 0 heterocycles. The smallest absolute Gasteiger partial charge is 0.0386 e. The summed E-state index contributed by atoms with van der Waals surface area (Å²) in [6.45, 7) is 4.29. The van der Waals surface area contributed by atoms with E-state index in [1.54, 1.807) is 0 Å². The van der Waals surface area contributed by atoms with Crippen molar-refractivity contribution in [2.24, 2.45) is 0 Å². The third-order valence-corrected chi connectivity index (χ3v) is 2.79. The lowest BCUT2D eigenvalue weighted by Crippen LogP contribution is -1.89. The van der Waals surface area contributed by atoms with Crippen LogP contribution in [0.15, 0.2) is 54.2 Å². The first-order valence-corrected chi connectivity index (χ1v) is 5.70. The van der Waals surface area contributed by atoms with Gasteiger partial charge in [0, 0.05) is 5.69 Å². The largest absolute Gasteiger partial charge is 0.362 e. The van der Waals surface area contributed by atoms with E-state index in [-0.39, 0.29) is 0 Å². The molecule has 0 atom stereocenters. The van der Waals surface area contributed by atoms with Crippen LogP contribution >= 0.6 is 0 Å². The van der Waals surface area contributed by atoms with Gasteiger partial charge in [-0.05, 0) is 42.4 Å². The highest BCUT2D eigenvalue weighted by Gasteiger charge is 1.93. The lowest BCUT2D eigenvalue weighted by molar-refractivity contribution is 1.09. The summed E-state index contributed by atoms with van der Waals surface area (Å²) in [5.41, 5.74) is 2.50. The van der Waals surface area contributed by atoms with Gasteiger partial charge in [-0.25, -0.2) is 0 Å². The molecule has 2 rings (SSSR count). The maximum atomic E-state index is 3.33. The Kier molecular flexibility index (Phi) is 3.25. The van der Waals surface area contributed by atoms with E-state index in [1.165, 1.54) is 16.3 Å². The standard InChI is InChI=1S/C15H17N/c1-3-12(2)11-16-15-9-8-13-6-4-5-7-14(13)10-15/h4-11,16H,3H2,1-2H3/b12-11-. The molecule has 0 aliphatic carbocycles. The quantitative estimate of drug-likeness (QED) is 0.784. The van der Waals surface area contributed by atoms with E-state index in [4.69, 9.17) is 0 Å².